The van der Waals surface area contributed by atoms with E-state index >= 15 is 0 Å². The molecule has 0 bridgehead atoms. The number of nitrogens with zero attached hydrogens (tertiary/aromatic N) is 1. The number of methoxy groups -OCH3 is 1. The number of hydrogen-bond acceptors (Lipinski definition) is 7. The van der Waals surface area contributed by atoms with Crippen LogP contribution in [0.2, 0.25) is 0 Å². The molecule has 1 heterocycles. The summed E-state index contributed by atoms with van der Waals surface area (Å²) in [6.07, 6.45) is 10.4. The highest BCUT2D eigenvalue weighted by atomic mass is 16.6. The summed E-state index contributed by atoms with van der Waals surface area (Å²) in [5, 5.41) is 15.7. The molecule has 2 fully saturated rings. The number of esters is 1. The van der Waals surface area contributed by atoms with Gasteiger partial charge in [0.15, 0.2) is 5.54 Å². The van der Waals surface area contributed by atoms with Crippen molar-refractivity contribution >= 4 is 23.9 Å². The summed E-state index contributed by atoms with van der Waals surface area (Å²) in [5.41, 5.74) is -0.915. The smallest absolute Gasteiger partial charge is 0.408 e. The quantitative estimate of drug-likeness (QED) is 0.194. The van der Waals surface area contributed by atoms with E-state index in [0.717, 1.165) is 44.9 Å². The highest BCUT2D eigenvalue weighted by Gasteiger charge is 2.54. The van der Waals surface area contributed by atoms with Crippen molar-refractivity contribution in [3.8, 4) is 0 Å². The molecule has 2 aliphatic carbocycles. The molecule has 3 aliphatic rings. The molecule has 1 aliphatic heterocycles. The second-order valence-corrected chi connectivity index (χ2v) is 9.92. The van der Waals surface area contributed by atoms with Crippen LogP contribution in [0.5, 0.6) is 0 Å². The average molecular weight is 518 g/mol. The van der Waals surface area contributed by atoms with Gasteiger partial charge >= 0.3 is 12.1 Å². The van der Waals surface area contributed by atoms with Crippen LogP contribution in [0.15, 0.2) is 37.0 Å². The number of aliphatic hydroxyl groups is 1. The number of amides is 3. The Labute approximate surface area is 218 Å². The second kappa shape index (κ2) is 12.9. The van der Waals surface area contributed by atoms with Gasteiger partial charge in [0.2, 0.25) is 11.8 Å². The maximum Gasteiger partial charge on any atom is 0.408 e. The van der Waals surface area contributed by atoms with E-state index in [-0.39, 0.29) is 19.1 Å². The van der Waals surface area contributed by atoms with Crippen LogP contribution in [0.4, 0.5) is 4.79 Å². The van der Waals surface area contributed by atoms with Crippen LogP contribution in [0, 0.1) is 0 Å². The summed E-state index contributed by atoms with van der Waals surface area (Å²) in [4.78, 5) is 53.1. The molecule has 37 heavy (non-hydrogen) atoms. The van der Waals surface area contributed by atoms with Crippen LogP contribution in [-0.2, 0) is 23.9 Å². The summed E-state index contributed by atoms with van der Waals surface area (Å²) in [5.74, 6) is -1.73. The summed E-state index contributed by atoms with van der Waals surface area (Å²) in [6.45, 7) is 7.30. The molecule has 10 heteroatoms. The van der Waals surface area contributed by atoms with Gasteiger partial charge in [0.05, 0.1) is 13.2 Å². The van der Waals surface area contributed by atoms with Gasteiger partial charge in [0.25, 0.3) is 0 Å². The van der Waals surface area contributed by atoms with Crippen molar-refractivity contribution in [3.05, 3.63) is 37.0 Å². The number of hydrogen-bond donors (Lipinski definition) is 3. The van der Waals surface area contributed by atoms with Crippen molar-refractivity contribution in [2.45, 2.75) is 94.0 Å². The molecule has 0 unspecified atom stereocenters. The fourth-order valence-corrected chi connectivity index (χ4v) is 5.10. The van der Waals surface area contributed by atoms with Crippen molar-refractivity contribution in [2.75, 3.05) is 13.7 Å². The first-order valence-corrected chi connectivity index (χ1v) is 13.1. The van der Waals surface area contributed by atoms with E-state index in [9.17, 15) is 24.3 Å². The first-order valence-electron chi connectivity index (χ1n) is 13.1. The van der Waals surface area contributed by atoms with Gasteiger partial charge in [-0.1, -0.05) is 31.6 Å². The molecular formula is C27H39N3O7. The Morgan fingerprint density at radius 3 is 2.57 bits per heavy atom. The molecule has 0 aromatic carbocycles. The molecule has 1 saturated carbocycles. The monoisotopic (exact) mass is 517 g/mol. The first kappa shape index (κ1) is 28.4. The highest BCUT2D eigenvalue weighted by Crippen LogP contribution is 2.37. The molecule has 204 valence electrons. The third-order valence-electron chi connectivity index (χ3n) is 7.22. The van der Waals surface area contributed by atoms with Gasteiger partial charge in [-0.3, -0.25) is 9.59 Å². The largest absolute Gasteiger partial charge is 0.467 e. The van der Waals surface area contributed by atoms with Gasteiger partial charge in [0.1, 0.15) is 18.2 Å². The van der Waals surface area contributed by atoms with Gasteiger partial charge in [-0.25, -0.2) is 9.59 Å². The minimum absolute atomic E-state index is 0.0107. The van der Waals surface area contributed by atoms with Crippen LogP contribution in [-0.4, -0.2) is 77.4 Å². The number of carbonyl (C=O) groups is 4. The van der Waals surface area contributed by atoms with Crippen LogP contribution >= 0.6 is 0 Å². The number of carbonyl (C=O) groups excluding carboxylic acids is 4. The number of alkyl carbamates (subject to hydrolysis) is 1. The molecule has 0 spiro atoms. The third-order valence-corrected chi connectivity index (χ3v) is 7.22. The first-order chi connectivity index (χ1) is 17.7. The maximum atomic E-state index is 13.6. The number of allylic oxidation sites excluding steroid dienone is 1. The fourth-order valence-electron chi connectivity index (χ4n) is 5.10. The number of ether oxygens (including phenoxy) is 2. The predicted molar refractivity (Wildman–Crippen MR) is 136 cm³/mol. The van der Waals surface area contributed by atoms with Gasteiger partial charge in [-0.2, -0.15) is 0 Å². The number of likely N-dealkylation sites (tertiary alicyclic amines) is 1. The van der Waals surface area contributed by atoms with E-state index in [1.165, 1.54) is 24.2 Å². The summed E-state index contributed by atoms with van der Waals surface area (Å²) in [6, 6.07) is -1.92. The summed E-state index contributed by atoms with van der Waals surface area (Å²) < 4.78 is 10.3. The summed E-state index contributed by atoms with van der Waals surface area (Å²) >= 11 is 0. The molecule has 4 atom stereocenters. The molecular weight excluding hydrogens is 478 g/mol. The molecule has 3 N–H and O–H groups in total. The minimum Gasteiger partial charge on any atom is -0.467 e. The van der Waals surface area contributed by atoms with Crippen molar-refractivity contribution in [3.63, 3.8) is 0 Å². The zero-order chi connectivity index (χ0) is 27.0. The van der Waals surface area contributed by atoms with Crippen molar-refractivity contribution in [1.29, 1.82) is 0 Å². The lowest BCUT2D eigenvalue weighted by molar-refractivity contribution is -0.147. The third kappa shape index (κ3) is 7.00. The van der Waals surface area contributed by atoms with E-state index in [0.29, 0.717) is 18.4 Å². The zero-order valence-electron chi connectivity index (χ0n) is 21.6. The standard InChI is InChI=1S/C27H39N3O7/c1-4-6-7-8-9-14-21(28-26(35)37-20-12-10-11-13-20)24(33)30-17-19(31)15-22(30)23(32)29-27(25(34)36-3)16-18(27)5-2/h4-5,16,19-22,31H,1-2,6-15,17H2,3H3,(H,28,35)(H,29,32)/t19-,21+,22+,27-/m1/s1. The Balaban J connectivity index is 1.69. The SMILES string of the molecule is C=CCCCCC[C@H](NC(=O)OC1CCCC1)C(=O)N1C[C@H](O)C[C@H]1C(=O)N[C@]1(C(=O)OC)C=C1C=C. The normalized spacial score (nSPS) is 25.6. The zero-order valence-corrected chi connectivity index (χ0v) is 21.6. The summed E-state index contributed by atoms with van der Waals surface area (Å²) in [7, 11) is 1.22. The van der Waals surface area contributed by atoms with Crippen molar-refractivity contribution < 1.29 is 33.8 Å². The van der Waals surface area contributed by atoms with E-state index in [1.807, 2.05) is 6.08 Å². The number of aliphatic hydroxyl groups excluding tert-OH is 1. The Hall–Kier alpha value is -3.14. The van der Waals surface area contributed by atoms with Crippen LogP contribution in [0.3, 0.4) is 0 Å². The van der Waals surface area contributed by atoms with E-state index in [1.54, 1.807) is 0 Å². The molecule has 0 radical (unpaired) electrons. The van der Waals surface area contributed by atoms with Gasteiger partial charge in [-0.15, -0.1) is 6.58 Å². The molecule has 0 aromatic heterocycles. The average Bonchev–Trinajstić information content (AvgIpc) is 3.17. The lowest BCUT2D eigenvalue weighted by atomic mass is 10.0. The second-order valence-electron chi connectivity index (χ2n) is 9.92. The lowest BCUT2D eigenvalue weighted by Crippen LogP contribution is -2.57. The van der Waals surface area contributed by atoms with E-state index < -0.39 is 47.6 Å². The van der Waals surface area contributed by atoms with E-state index in [2.05, 4.69) is 23.8 Å². The predicted octanol–water partition coefficient (Wildman–Crippen LogP) is 2.28. The maximum absolute atomic E-state index is 13.6. The number of rotatable bonds is 13. The van der Waals surface area contributed by atoms with Crippen molar-refractivity contribution in [2.24, 2.45) is 0 Å². The van der Waals surface area contributed by atoms with Gasteiger partial charge < -0.3 is 30.1 Å². The van der Waals surface area contributed by atoms with E-state index in [4.69, 9.17) is 9.47 Å². The Bertz CT molecular complexity index is 927. The molecule has 1 saturated heterocycles. The molecule has 3 rings (SSSR count). The molecule has 0 aromatic rings. The fraction of sp³-hybridized carbons (Fsp3) is 0.630. The molecule has 10 nitrogen and oxygen atoms in total. The number of β-amino-alcohol motifs (C(OH)–C–C–N with tert-alkyl or cyclic N) is 1. The van der Waals surface area contributed by atoms with Crippen LogP contribution in [0.25, 0.3) is 0 Å². The van der Waals surface area contributed by atoms with Gasteiger partial charge in [0, 0.05) is 13.0 Å². The molecule has 3 amide bonds. The van der Waals surface area contributed by atoms with Crippen molar-refractivity contribution in [1.82, 2.24) is 15.5 Å². The van der Waals surface area contributed by atoms with Gasteiger partial charge in [-0.05, 0) is 56.6 Å². The van der Waals surface area contributed by atoms with Crippen LogP contribution in [0.1, 0.15) is 64.2 Å². The number of nitrogens with one attached hydrogen (secondary N) is 2. The Morgan fingerprint density at radius 1 is 1.22 bits per heavy atom. The lowest BCUT2D eigenvalue weighted by Gasteiger charge is -2.30. The highest BCUT2D eigenvalue weighted by molar-refractivity contribution is 6.01. The Morgan fingerprint density at radius 2 is 1.95 bits per heavy atom. The van der Waals surface area contributed by atoms with Crippen LogP contribution < -0.4 is 10.6 Å². The minimum atomic E-state index is -1.41. The number of unbranched alkanes of at least 4 members (excludes halogenated alkanes) is 3. The Kier molecular flexibility index (Phi) is 9.91. The topological polar surface area (TPSA) is 134 Å².